The Morgan fingerprint density at radius 2 is 0.842 bits per heavy atom. The quantitative estimate of drug-likeness (QED) is 0.221. The average molecular weight is 807 g/mol. The number of aliphatic carboxylic acids is 2. The second-order valence-electron chi connectivity index (χ2n) is 22.7. The third kappa shape index (κ3) is 8.18. The van der Waals surface area contributed by atoms with E-state index in [0.29, 0.717) is 59.2 Å². The van der Waals surface area contributed by atoms with Crippen LogP contribution in [0.3, 0.4) is 0 Å². The Hall–Kier alpha value is -0.454. The molecule has 0 saturated heterocycles. The average Bonchev–Trinajstić information content (AvgIpc) is 3.68. The van der Waals surface area contributed by atoms with Crippen LogP contribution < -0.4 is 10.2 Å². The summed E-state index contributed by atoms with van der Waals surface area (Å²) in [6.07, 6.45) is 17.8. The Morgan fingerprint density at radius 1 is 0.509 bits per heavy atom. The van der Waals surface area contributed by atoms with Gasteiger partial charge in [0.15, 0.2) is 0 Å². The molecule has 8 rings (SSSR count). The fourth-order valence-electron chi connectivity index (χ4n) is 17.6. The van der Waals surface area contributed by atoms with Crippen LogP contribution in [0.1, 0.15) is 170 Å². The summed E-state index contributed by atoms with van der Waals surface area (Å²) in [6, 6.07) is 0. The Kier molecular flexibility index (Phi) is 14.0. The zero-order valence-electron chi connectivity index (χ0n) is 36.5. The summed E-state index contributed by atoms with van der Waals surface area (Å²) in [5.74, 6) is 4.50. The van der Waals surface area contributed by atoms with Gasteiger partial charge in [0.25, 0.3) is 0 Å². The third-order valence-electron chi connectivity index (χ3n) is 20.4. The zero-order chi connectivity index (χ0) is 40.5. The smallest absolute Gasteiger partial charge is 0.550 e. The first-order valence-corrected chi connectivity index (χ1v) is 23.4. The monoisotopic (exact) mass is 807 g/mol. The summed E-state index contributed by atoms with van der Waals surface area (Å²) >= 11 is 0. The first-order valence-electron chi connectivity index (χ1n) is 23.4. The van der Waals surface area contributed by atoms with E-state index in [4.69, 9.17) is 0 Å². The molecule has 0 aromatic rings. The molecule has 0 radical (unpaired) electrons. The van der Waals surface area contributed by atoms with Gasteiger partial charge in [0.1, 0.15) is 0 Å². The molecule has 0 aromatic heterocycles. The van der Waals surface area contributed by atoms with Gasteiger partial charge in [-0.15, -0.1) is 0 Å². The maximum Gasteiger partial charge on any atom is 2.00 e. The molecular weight excluding hydrogens is 729 g/mol. The minimum Gasteiger partial charge on any atom is -0.550 e. The maximum absolute atomic E-state index is 11.1. The molecule has 0 unspecified atom stereocenters. The van der Waals surface area contributed by atoms with Crippen molar-refractivity contribution in [2.75, 3.05) is 0 Å². The number of hydrogen-bond acceptors (Lipinski definition) is 8. The number of aliphatic hydroxyl groups excluding tert-OH is 4. The van der Waals surface area contributed by atoms with E-state index >= 15 is 0 Å². The van der Waals surface area contributed by atoms with Gasteiger partial charge in [-0.2, -0.15) is 0 Å². The fourth-order valence-corrected chi connectivity index (χ4v) is 17.6. The van der Waals surface area contributed by atoms with Gasteiger partial charge in [0.2, 0.25) is 0 Å². The van der Waals surface area contributed by atoms with Crippen LogP contribution in [0.25, 0.3) is 0 Å². The molecule has 0 spiro atoms. The molecule has 8 nitrogen and oxygen atoms in total. The number of hydrogen-bond donors (Lipinski definition) is 4. The number of carbonyl (C=O) groups is 2. The minimum absolute atomic E-state index is 0. The molecule has 8 saturated carbocycles. The number of carboxylic acid groups (broad SMARTS) is 2. The van der Waals surface area contributed by atoms with E-state index in [1.807, 2.05) is 0 Å². The van der Waals surface area contributed by atoms with E-state index in [2.05, 4.69) is 41.5 Å². The van der Waals surface area contributed by atoms with Crippen LogP contribution in [-0.2, 0) is 9.59 Å². The van der Waals surface area contributed by atoms with Gasteiger partial charge >= 0.3 is 23.1 Å². The Balaban J connectivity index is 0.000000189. The van der Waals surface area contributed by atoms with Crippen LogP contribution in [-0.4, -0.2) is 79.8 Å². The van der Waals surface area contributed by atoms with Gasteiger partial charge in [-0.25, -0.2) is 0 Å². The van der Waals surface area contributed by atoms with Crippen molar-refractivity contribution >= 4 is 35.0 Å². The molecular formula is C48H78MgO8. The molecule has 0 bridgehead atoms. The molecule has 8 aliphatic rings. The van der Waals surface area contributed by atoms with Crippen LogP contribution in [0, 0.1) is 92.7 Å². The zero-order valence-corrected chi connectivity index (χ0v) is 37.9. The van der Waals surface area contributed by atoms with Crippen LogP contribution in [0.5, 0.6) is 0 Å². The molecule has 0 amide bonds. The molecule has 4 N–H and O–H groups in total. The van der Waals surface area contributed by atoms with Crippen LogP contribution in [0.2, 0.25) is 0 Å². The van der Waals surface area contributed by atoms with Gasteiger partial charge in [-0.3, -0.25) is 0 Å². The Morgan fingerprint density at radius 3 is 1.19 bits per heavy atom. The van der Waals surface area contributed by atoms with Gasteiger partial charge in [-0.1, -0.05) is 41.5 Å². The summed E-state index contributed by atoms with van der Waals surface area (Å²) in [6.45, 7) is 14.2. The normalized spacial score (nSPS) is 50.8. The van der Waals surface area contributed by atoms with Crippen LogP contribution in [0.15, 0.2) is 0 Å². The molecule has 0 aromatic carbocycles. The first kappa shape index (κ1) is 46.1. The summed E-state index contributed by atoms with van der Waals surface area (Å²) in [4.78, 5) is 21.9. The Bertz CT molecular complexity index is 1320. The standard InChI is InChI=1S/2C24H40O4.Mg/c2*1-14(4-7-22(27)28)17-5-6-18-16-13-21(26)20-12-15(25)8-10-24(20,3)19(16)9-11-23(17,18)2;/h2*14-21,25-26H,4-13H2,1-3H3,(H,27,28);/q;;+2/p-2/t2*14-,15-,16+,17-,18+,19+,20+,21+,23-,24-;/m11./s1. The molecule has 9 heteroatoms. The third-order valence-corrected chi connectivity index (χ3v) is 20.4. The van der Waals surface area contributed by atoms with Crippen LogP contribution in [0.4, 0.5) is 0 Å². The van der Waals surface area contributed by atoms with Gasteiger partial charge in [-0.05, 0) is 221 Å². The van der Waals surface area contributed by atoms with E-state index in [-0.39, 0.29) is 93.8 Å². The van der Waals surface area contributed by atoms with Crippen molar-refractivity contribution in [3.8, 4) is 0 Å². The summed E-state index contributed by atoms with van der Waals surface area (Å²) in [5, 5.41) is 64.4. The topological polar surface area (TPSA) is 161 Å². The summed E-state index contributed by atoms with van der Waals surface area (Å²) < 4.78 is 0. The molecule has 8 fully saturated rings. The van der Waals surface area contributed by atoms with E-state index in [1.54, 1.807) is 0 Å². The van der Waals surface area contributed by atoms with Crippen molar-refractivity contribution in [1.29, 1.82) is 0 Å². The molecule has 0 aliphatic heterocycles. The second-order valence-corrected chi connectivity index (χ2v) is 22.7. The van der Waals surface area contributed by atoms with Crippen molar-refractivity contribution in [2.24, 2.45) is 92.7 Å². The van der Waals surface area contributed by atoms with E-state index < -0.39 is 11.9 Å². The number of fused-ring (bicyclic) bond motifs is 10. The molecule has 8 aliphatic carbocycles. The number of rotatable bonds is 8. The first-order chi connectivity index (χ1) is 26.3. The van der Waals surface area contributed by atoms with Crippen molar-refractivity contribution in [2.45, 2.75) is 194 Å². The molecule has 57 heavy (non-hydrogen) atoms. The maximum atomic E-state index is 11.1. The van der Waals surface area contributed by atoms with Crippen molar-refractivity contribution in [3.05, 3.63) is 0 Å². The number of aliphatic hydroxyl groups is 4. The predicted molar refractivity (Wildman–Crippen MR) is 218 cm³/mol. The molecule has 20 atom stereocenters. The number of carboxylic acids is 2. The van der Waals surface area contributed by atoms with Gasteiger partial charge in [0, 0.05) is 11.9 Å². The van der Waals surface area contributed by atoms with Crippen molar-refractivity contribution < 1.29 is 40.2 Å². The fraction of sp³-hybridized carbons (Fsp3) is 0.958. The van der Waals surface area contributed by atoms with E-state index in [0.717, 1.165) is 64.2 Å². The Labute approximate surface area is 360 Å². The second kappa shape index (κ2) is 17.4. The van der Waals surface area contributed by atoms with E-state index in [1.165, 1.54) is 51.4 Å². The van der Waals surface area contributed by atoms with Crippen molar-refractivity contribution in [1.82, 2.24) is 0 Å². The van der Waals surface area contributed by atoms with Gasteiger partial charge < -0.3 is 40.2 Å². The largest absolute Gasteiger partial charge is 2.00 e. The minimum atomic E-state index is -0.927. The summed E-state index contributed by atoms with van der Waals surface area (Å²) in [5.41, 5.74) is 0.899. The van der Waals surface area contributed by atoms with Crippen molar-refractivity contribution in [3.63, 3.8) is 0 Å². The SMILES string of the molecule is C[C@H](CCC(=O)[O-])[C@H]1CC[C@H]2[C@@H]3C[C@H](O)[C@@H]4C[C@H](O)CC[C@]4(C)[C@H]3CC[C@]12C.C[C@H](CCC(=O)[O-])[C@H]1CC[C@H]2[C@@H]3C[C@H](O)[C@@H]4C[C@H](O)CC[C@]4(C)[C@H]3CC[C@]12C.[Mg+2]. The summed E-state index contributed by atoms with van der Waals surface area (Å²) in [7, 11) is 0. The predicted octanol–water partition coefficient (Wildman–Crippen LogP) is 5.91. The molecule has 0 heterocycles. The van der Waals surface area contributed by atoms with Gasteiger partial charge in [0.05, 0.1) is 24.4 Å². The molecule has 320 valence electrons. The number of carbonyl (C=O) groups excluding carboxylic acids is 2. The van der Waals surface area contributed by atoms with Crippen LogP contribution >= 0.6 is 0 Å². The van der Waals surface area contributed by atoms with E-state index in [9.17, 15) is 40.2 Å².